The molecule has 4 nitrogen and oxygen atoms in total. The van der Waals surface area contributed by atoms with E-state index in [9.17, 15) is 0 Å². The summed E-state index contributed by atoms with van der Waals surface area (Å²) in [5.41, 5.74) is 4.29. The lowest BCUT2D eigenvalue weighted by molar-refractivity contribution is -0.170. The first kappa shape index (κ1) is 16.7. The topological polar surface area (TPSA) is 34.6 Å². The molecule has 3 aliphatic heterocycles. The van der Waals surface area contributed by atoms with E-state index < -0.39 is 0 Å². The van der Waals surface area contributed by atoms with Crippen LogP contribution in [0.4, 0.5) is 0 Å². The highest BCUT2D eigenvalue weighted by molar-refractivity contribution is 7.07. The van der Waals surface area contributed by atoms with Crippen molar-refractivity contribution in [1.29, 1.82) is 0 Å². The van der Waals surface area contributed by atoms with Gasteiger partial charge in [0.15, 0.2) is 0 Å². The van der Waals surface area contributed by atoms with Gasteiger partial charge in [-0.2, -0.15) is 0 Å². The van der Waals surface area contributed by atoms with Crippen LogP contribution in [0.3, 0.4) is 0 Å². The molecule has 138 valence electrons. The molecule has 2 fully saturated rings. The number of hydrogen-bond donors (Lipinski definition) is 0. The van der Waals surface area contributed by atoms with E-state index in [0.29, 0.717) is 12.0 Å². The Morgan fingerprint density at radius 3 is 2.88 bits per heavy atom. The Kier molecular flexibility index (Phi) is 4.26. The van der Waals surface area contributed by atoms with E-state index in [4.69, 9.17) is 9.47 Å². The molecule has 1 aromatic heterocycles. The standard InChI is InChI=1S/C21H26N2O2S/c1-15-6-7-18-20(24-15)17-4-2-3-5-19(17)25-21(18)8-10-23(11-9-21)12-16-13-26-14-22-16/h2-5,13-15,18,20H,6-12H2,1H3/t15-,18+,20-/m0/s1. The van der Waals surface area contributed by atoms with Crippen molar-refractivity contribution in [2.24, 2.45) is 5.92 Å². The predicted molar refractivity (Wildman–Crippen MR) is 102 cm³/mol. The number of ether oxygens (including phenoxy) is 2. The van der Waals surface area contributed by atoms with Crippen molar-refractivity contribution in [3.05, 3.63) is 46.4 Å². The lowest BCUT2D eigenvalue weighted by Crippen LogP contribution is -2.57. The van der Waals surface area contributed by atoms with E-state index in [1.54, 1.807) is 11.3 Å². The van der Waals surface area contributed by atoms with E-state index in [1.807, 2.05) is 5.51 Å². The van der Waals surface area contributed by atoms with Gasteiger partial charge in [0.2, 0.25) is 0 Å². The highest BCUT2D eigenvalue weighted by Crippen LogP contribution is 2.53. The Balaban J connectivity index is 1.39. The Labute approximate surface area is 159 Å². The van der Waals surface area contributed by atoms with Crippen molar-refractivity contribution in [2.75, 3.05) is 13.1 Å². The van der Waals surface area contributed by atoms with Gasteiger partial charge in [-0.05, 0) is 25.8 Å². The third-order valence-electron chi connectivity index (χ3n) is 6.41. The highest BCUT2D eigenvalue weighted by atomic mass is 32.1. The minimum atomic E-state index is -0.0717. The maximum Gasteiger partial charge on any atom is 0.125 e. The monoisotopic (exact) mass is 370 g/mol. The van der Waals surface area contributed by atoms with E-state index in [0.717, 1.165) is 44.6 Å². The van der Waals surface area contributed by atoms with Gasteiger partial charge < -0.3 is 9.47 Å². The summed E-state index contributed by atoms with van der Waals surface area (Å²) in [7, 11) is 0. The van der Waals surface area contributed by atoms with Crippen molar-refractivity contribution in [3.8, 4) is 5.75 Å². The number of thiazole rings is 1. The third-order valence-corrected chi connectivity index (χ3v) is 7.05. The largest absolute Gasteiger partial charge is 0.486 e. The molecule has 1 spiro atoms. The molecule has 0 N–H and O–H groups in total. The number of para-hydroxylation sites is 1. The minimum absolute atomic E-state index is 0.0717. The maximum absolute atomic E-state index is 6.73. The van der Waals surface area contributed by atoms with Gasteiger partial charge in [0, 0.05) is 49.3 Å². The van der Waals surface area contributed by atoms with Gasteiger partial charge in [-0.3, -0.25) is 4.90 Å². The molecule has 4 heterocycles. The predicted octanol–water partition coefficient (Wildman–Crippen LogP) is 4.43. The van der Waals surface area contributed by atoms with Crippen LogP contribution in [0.5, 0.6) is 5.75 Å². The number of piperidine rings is 1. The Morgan fingerprint density at radius 2 is 2.08 bits per heavy atom. The van der Waals surface area contributed by atoms with Gasteiger partial charge >= 0.3 is 0 Å². The number of likely N-dealkylation sites (tertiary alicyclic amines) is 1. The van der Waals surface area contributed by atoms with Crippen molar-refractivity contribution < 1.29 is 9.47 Å². The molecule has 3 atom stereocenters. The van der Waals surface area contributed by atoms with Gasteiger partial charge in [0.25, 0.3) is 0 Å². The summed E-state index contributed by atoms with van der Waals surface area (Å²) in [5.74, 6) is 1.51. The Morgan fingerprint density at radius 1 is 1.23 bits per heavy atom. The van der Waals surface area contributed by atoms with E-state index in [-0.39, 0.29) is 11.7 Å². The molecular formula is C21H26N2O2S. The Hall–Kier alpha value is -1.43. The molecule has 5 heteroatoms. The zero-order chi connectivity index (χ0) is 17.6. The third kappa shape index (κ3) is 2.86. The van der Waals surface area contributed by atoms with E-state index in [1.165, 1.54) is 17.7 Å². The number of aromatic nitrogens is 1. The highest BCUT2D eigenvalue weighted by Gasteiger charge is 2.53. The quantitative estimate of drug-likeness (QED) is 0.783. The average molecular weight is 371 g/mol. The number of hydrogen-bond acceptors (Lipinski definition) is 5. The normalized spacial score (nSPS) is 30.4. The lowest BCUT2D eigenvalue weighted by atomic mass is 9.69. The lowest BCUT2D eigenvalue weighted by Gasteiger charge is -2.54. The van der Waals surface area contributed by atoms with Crippen LogP contribution in [0.2, 0.25) is 0 Å². The molecule has 2 aromatic rings. The van der Waals surface area contributed by atoms with Crippen molar-refractivity contribution in [3.63, 3.8) is 0 Å². The fraction of sp³-hybridized carbons (Fsp3) is 0.571. The molecule has 0 amide bonds. The summed E-state index contributed by atoms with van der Waals surface area (Å²) in [4.78, 5) is 6.96. The number of fused-ring (bicyclic) bond motifs is 4. The summed E-state index contributed by atoms with van der Waals surface area (Å²) in [6, 6.07) is 8.50. The second-order valence-corrected chi connectivity index (χ2v) is 8.73. The Bertz CT molecular complexity index is 755. The molecule has 3 aliphatic rings. The molecule has 2 saturated heterocycles. The van der Waals surface area contributed by atoms with Crippen LogP contribution in [0.25, 0.3) is 0 Å². The first-order valence-electron chi connectivity index (χ1n) is 9.76. The van der Waals surface area contributed by atoms with Crippen LogP contribution in [0.15, 0.2) is 35.2 Å². The van der Waals surface area contributed by atoms with Crippen LogP contribution < -0.4 is 4.74 Å². The van der Waals surface area contributed by atoms with Gasteiger partial charge in [-0.15, -0.1) is 11.3 Å². The number of benzene rings is 1. The summed E-state index contributed by atoms with van der Waals surface area (Å²) in [6.45, 7) is 5.30. The van der Waals surface area contributed by atoms with Gasteiger partial charge in [-0.1, -0.05) is 18.2 Å². The summed E-state index contributed by atoms with van der Waals surface area (Å²) < 4.78 is 13.2. The maximum atomic E-state index is 6.73. The molecule has 5 rings (SSSR count). The summed E-state index contributed by atoms with van der Waals surface area (Å²) in [5, 5.41) is 2.16. The fourth-order valence-corrected chi connectivity index (χ4v) is 5.57. The molecule has 26 heavy (non-hydrogen) atoms. The van der Waals surface area contributed by atoms with Crippen molar-refractivity contribution >= 4 is 11.3 Å². The fourth-order valence-electron chi connectivity index (χ4n) is 5.02. The first-order chi connectivity index (χ1) is 12.7. The molecular weight excluding hydrogens is 344 g/mol. The van der Waals surface area contributed by atoms with Gasteiger partial charge in [0.05, 0.1) is 23.4 Å². The van der Waals surface area contributed by atoms with Crippen LogP contribution in [0, 0.1) is 5.92 Å². The van der Waals surface area contributed by atoms with Crippen LogP contribution in [-0.2, 0) is 11.3 Å². The number of rotatable bonds is 2. The molecule has 0 unspecified atom stereocenters. The zero-order valence-electron chi connectivity index (χ0n) is 15.3. The first-order valence-corrected chi connectivity index (χ1v) is 10.7. The SMILES string of the molecule is C[C@H]1CC[C@@H]2[C@@H](O1)c1ccccc1OC21CCN(Cc2cscn2)CC1. The van der Waals surface area contributed by atoms with Crippen molar-refractivity contribution in [2.45, 2.75) is 57.0 Å². The summed E-state index contributed by atoms with van der Waals surface area (Å²) in [6.07, 6.45) is 5.01. The molecule has 0 radical (unpaired) electrons. The molecule has 0 bridgehead atoms. The second-order valence-electron chi connectivity index (χ2n) is 8.01. The minimum Gasteiger partial charge on any atom is -0.486 e. The van der Waals surface area contributed by atoms with Crippen molar-refractivity contribution in [1.82, 2.24) is 9.88 Å². The zero-order valence-corrected chi connectivity index (χ0v) is 16.1. The molecule has 0 aliphatic carbocycles. The van der Waals surface area contributed by atoms with Crippen LogP contribution in [-0.4, -0.2) is 34.7 Å². The van der Waals surface area contributed by atoms with Gasteiger partial charge in [-0.25, -0.2) is 4.98 Å². The summed E-state index contributed by atoms with van der Waals surface area (Å²) >= 11 is 1.68. The average Bonchev–Trinajstić information content (AvgIpc) is 3.17. The van der Waals surface area contributed by atoms with Crippen LogP contribution in [0.1, 0.15) is 50.0 Å². The van der Waals surface area contributed by atoms with E-state index in [2.05, 4.69) is 46.5 Å². The second kappa shape index (κ2) is 6.63. The molecule has 1 aromatic carbocycles. The van der Waals surface area contributed by atoms with Gasteiger partial charge in [0.1, 0.15) is 11.4 Å². The van der Waals surface area contributed by atoms with Crippen LogP contribution >= 0.6 is 11.3 Å². The van der Waals surface area contributed by atoms with E-state index >= 15 is 0 Å². The smallest absolute Gasteiger partial charge is 0.125 e. The number of nitrogens with zero attached hydrogens (tertiary/aromatic N) is 2. The molecule has 0 saturated carbocycles.